The highest BCUT2D eigenvalue weighted by Gasteiger charge is 2.04. The van der Waals surface area contributed by atoms with Gasteiger partial charge in [0.15, 0.2) is 0 Å². The number of hydrogen-bond donors (Lipinski definition) is 2. The highest BCUT2D eigenvalue weighted by molar-refractivity contribution is 5.84. The summed E-state index contributed by atoms with van der Waals surface area (Å²) in [6, 6.07) is 16.6. The van der Waals surface area contributed by atoms with Gasteiger partial charge in [0.1, 0.15) is 19.0 Å². The molecule has 0 aliphatic rings. The van der Waals surface area contributed by atoms with Gasteiger partial charge in [-0.05, 0) is 29.8 Å². The summed E-state index contributed by atoms with van der Waals surface area (Å²) in [6.45, 7) is 2.20. The van der Waals surface area contributed by atoms with Crippen molar-refractivity contribution in [2.45, 2.75) is 6.61 Å². The molecule has 0 fully saturated rings. The summed E-state index contributed by atoms with van der Waals surface area (Å²) in [5.41, 5.74) is 6.90. The average Bonchev–Trinajstić information content (AvgIpc) is 2.62. The van der Waals surface area contributed by atoms with Crippen LogP contribution in [0.3, 0.4) is 0 Å². The number of benzene rings is 2. The lowest BCUT2D eigenvalue weighted by atomic mass is 10.2. The fourth-order valence-corrected chi connectivity index (χ4v) is 1.92. The molecule has 0 heterocycles. The first-order chi connectivity index (χ1) is 11.8. The van der Waals surface area contributed by atoms with E-state index in [1.165, 1.54) is 0 Å². The predicted molar refractivity (Wildman–Crippen MR) is 92.1 cm³/mol. The Kier molecular flexibility index (Phi) is 7.59. The summed E-state index contributed by atoms with van der Waals surface area (Å²) in [7, 11) is 0. The largest absolute Gasteiger partial charge is 0.491 e. The molecule has 0 atom stereocenters. The van der Waals surface area contributed by atoms with E-state index in [1.54, 1.807) is 24.3 Å². The molecule has 0 saturated carbocycles. The summed E-state index contributed by atoms with van der Waals surface area (Å²) in [6.07, 6.45) is -0.497. The second-order valence-electron chi connectivity index (χ2n) is 4.96. The Morgan fingerprint density at radius 2 is 1.71 bits per heavy atom. The molecular weight excluding hydrogens is 308 g/mol. The molecule has 1 amide bonds. The van der Waals surface area contributed by atoms with Gasteiger partial charge in [-0.15, -0.1) is 0 Å². The summed E-state index contributed by atoms with van der Waals surface area (Å²) < 4.78 is 15.9. The maximum Gasteiger partial charge on any atom is 0.411 e. The van der Waals surface area contributed by atoms with Crippen molar-refractivity contribution < 1.29 is 19.0 Å². The maximum absolute atomic E-state index is 11.8. The quantitative estimate of drug-likeness (QED) is 0.691. The Hall–Kier alpha value is -2.57. The van der Waals surface area contributed by atoms with Crippen molar-refractivity contribution in [3.8, 4) is 5.75 Å². The summed E-state index contributed by atoms with van der Waals surface area (Å²) in [5, 5.41) is 2.67. The molecule has 0 aliphatic carbocycles. The number of carbonyl (C=O) groups excluding carboxylic acids is 1. The van der Waals surface area contributed by atoms with Crippen LogP contribution in [0.2, 0.25) is 0 Å². The minimum absolute atomic E-state index is 0.233. The summed E-state index contributed by atoms with van der Waals surface area (Å²) >= 11 is 0. The average molecular weight is 330 g/mol. The standard InChI is InChI=1S/C18H22N2O4/c19-10-11-22-12-13-23-17-8-6-16(7-9-17)20-18(21)24-14-15-4-2-1-3-5-15/h1-9H,10-14,19H2,(H,20,21). The normalized spacial score (nSPS) is 10.2. The molecule has 0 saturated heterocycles. The maximum atomic E-state index is 11.8. The number of ether oxygens (including phenoxy) is 3. The van der Waals surface area contributed by atoms with Crippen molar-refractivity contribution in [1.29, 1.82) is 0 Å². The van der Waals surface area contributed by atoms with Gasteiger partial charge in [-0.2, -0.15) is 0 Å². The molecule has 24 heavy (non-hydrogen) atoms. The van der Waals surface area contributed by atoms with Gasteiger partial charge >= 0.3 is 6.09 Å². The molecule has 2 rings (SSSR count). The zero-order valence-electron chi connectivity index (χ0n) is 13.4. The monoisotopic (exact) mass is 330 g/mol. The molecular formula is C18H22N2O4. The first-order valence-electron chi connectivity index (χ1n) is 7.76. The molecule has 0 aromatic heterocycles. The van der Waals surface area contributed by atoms with E-state index >= 15 is 0 Å². The van der Waals surface area contributed by atoms with E-state index < -0.39 is 6.09 Å². The van der Waals surface area contributed by atoms with Crippen molar-refractivity contribution in [3.63, 3.8) is 0 Å². The van der Waals surface area contributed by atoms with E-state index in [-0.39, 0.29) is 6.61 Å². The second-order valence-corrected chi connectivity index (χ2v) is 4.96. The minimum Gasteiger partial charge on any atom is -0.491 e. The number of anilines is 1. The van der Waals surface area contributed by atoms with E-state index in [0.717, 1.165) is 5.56 Å². The first kappa shape index (κ1) is 17.8. The Bertz CT molecular complexity index is 602. The zero-order valence-corrected chi connectivity index (χ0v) is 13.4. The molecule has 6 heteroatoms. The zero-order chi connectivity index (χ0) is 17.0. The topological polar surface area (TPSA) is 82.8 Å². The third-order valence-electron chi connectivity index (χ3n) is 3.07. The van der Waals surface area contributed by atoms with Crippen LogP contribution >= 0.6 is 0 Å². The Morgan fingerprint density at radius 1 is 0.958 bits per heavy atom. The molecule has 3 N–H and O–H groups in total. The lowest BCUT2D eigenvalue weighted by molar-refractivity contribution is 0.106. The molecule has 0 spiro atoms. The fraction of sp³-hybridized carbons (Fsp3) is 0.278. The van der Waals surface area contributed by atoms with Gasteiger partial charge in [0.25, 0.3) is 0 Å². The van der Waals surface area contributed by atoms with E-state index in [1.807, 2.05) is 30.3 Å². The Morgan fingerprint density at radius 3 is 2.42 bits per heavy atom. The van der Waals surface area contributed by atoms with E-state index in [2.05, 4.69) is 5.32 Å². The van der Waals surface area contributed by atoms with Crippen LogP contribution < -0.4 is 15.8 Å². The SMILES string of the molecule is NCCOCCOc1ccc(NC(=O)OCc2ccccc2)cc1. The van der Waals surface area contributed by atoms with Crippen molar-refractivity contribution in [1.82, 2.24) is 0 Å². The smallest absolute Gasteiger partial charge is 0.411 e. The van der Waals surface area contributed by atoms with Gasteiger partial charge in [0.2, 0.25) is 0 Å². The van der Waals surface area contributed by atoms with E-state index in [4.69, 9.17) is 19.9 Å². The third kappa shape index (κ3) is 6.68. The molecule has 0 bridgehead atoms. The minimum atomic E-state index is -0.497. The highest BCUT2D eigenvalue weighted by atomic mass is 16.5. The van der Waals surface area contributed by atoms with Crippen LogP contribution in [0.25, 0.3) is 0 Å². The molecule has 0 unspecified atom stereocenters. The number of hydrogen-bond acceptors (Lipinski definition) is 5. The van der Waals surface area contributed by atoms with Gasteiger partial charge < -0.3 is 19.9 Å². The van der Waals surface area contributed by atoms with Crippen LogP contribution in [-0.4, -0.2) is 32.5 Å². The number of amides is 1. The summed E-state index contributed by atoms with van der Waals surface area (Å²) in [4.78, 5) is 11.8. The van der Waals surface area contributed by atoms with E-state index in [0.29, 0.717) is 37.8 Å². The van der Waals surface area contributed by atoms with Gasteiger partial charge in [-0.3, -0.25) is 5.32 Å². The predicted octanol–water partition coefficient (Wildman–Crippen LogP) is 2.79. The van der Waals surface area contributed by atoms with Gasteiger partial charge in [-0.25, -0.2) is 4.79 Å². The molecule has 6 nitrogen and oxygen atoms in total. The van der Waals surface area contributed by atoms with Gasteiger partial charge in [-0.1, -0.05) is 30.3 Å². The number of rotatable bonds is 9. The lowest BCUT2D eigenvalue weighted by Gasteiger charge is -2.09. The number of nitrogens with two attached hydrogens (primary N) is 1. The van der Waals surface area contributed by atoms with Crippen LogP contribution in [-0.2, 0) is 16.1 Å². The molecule has 2 aromatic carbocycles. The molecule has 128 valence electrons. The van der Waals surface area contributed by atoms with Crippen LogP contribution in [0.4, 0.5) is 10.5 Å². The van der Waals surface area contributed by atoms with Crippen molar-refractivity contribution in [2.75, 3.05) is 31.7 Å². The van der Waals surface area contributed by atoms with Crippen molar-refractivity contribution in [2.24, 2.45) is 5.73 Å². The Labute approximate surface area is 141 Å². The highest BCUT2D eigenvalue weighted by Crippen LogP contribution is 2.16. The van der Waals surface area contributed by atoms with Gasteiger partial charge in [0.05, 0.1) is 13.2 Å². The molecule has 0 aliphatic heterocycles. The molecule has 0 radical (unpaired) electrons. The van der Waals surface area contributed by atoms with Crippen molar-refractivity contribution in [3.05, 3.63) is 60.2 Å². The number of nitrogens with one attached hydrogen (secondary N) is 1. The van der Waals surface area contributed by atoms with Crippen LogP contribution in [0.1, 0.15) is 5.56 Å². The fourth-order valence-electron chi connectivity index (χ4n) is 1.92. The third-order valence-corrected chi connectivity index (χ3v) is 3.07. The Balaban J connectivity index is 1.69. The molecule has 2 aromatic rings. The first-order valence-corrected chi connectivity index (χ1v) is 7.76. The second kappa shape index (κ2) is 10.3. The number of carbonyl (C=O) groups is 1. The lowest BCUT2D eigenvalue weighted by Crippen LogP contribution is -2.14. The van der Waals surface area contributed by atoms with Crippen LogP contribution in [0.15, 0.2) is 54.6 Å². The van der Waals surface area contributed by atoms with Gasteiger partial charge in [0, 0.05) is 12.2 Å². The van der Waals surface area contributed by atoms with Crippen LogP contribution in [0, 0.1) is 0 Å². The van der Waals surface area contributed by atoms with Crippen molar-refractivity contribution >= 4 is 11.8 Å². The van der Waals surface area contributed by atoms with Crippen LogP contribution in [0.5, 0.6) is 5.75 Å². The summed E-state index contributed by atoms with van der Waals surface area (Å²) in [5.74, 6) is 0.703. The van der Waals surface area contributed by atoms with E-state index in [9.17, 15) is 4.79 Å².